The maximum Gasteiger partial charge on any atom is 0.141 e. The Kier molecular flexibility index (Phi) is 3.74. The Hall–Kier alpha value is -1.00. The van der Waals surface area contributed by atoms with Crippen molar-refractivity contribution in [2.45, 2.75) is 38.3 Å². The quantitative estimate of drug-likeness (QED) is 0.878. The van der Waals surface area contributed by atoms with Gasteiger partial charge >= 0.3 is 0 Å². The van der Waals surface area contributed by atoms with E-state index in [1.807, 2.05) is 0 Å². The number of ether oxygens (including phenoxy) is 1. The van der Waals surface area contributed by atoms with Crippen molar-refractivity contribution < 1.29 is 9.13 Å². The molecule has 0 saturated carbocycles. The van der Waals surface area contributed by atoms with E-state index < -0.39 is 0 Å². The second-order valence-electron chi connectivity index (χ2n) is 4.57. The SMILES string of the molecule is CCC1(CC)COC(c2ccc(F)cn2)CN1. The summed E-state index contributed by atoms with van der Waals surface area (Å²) in [4.78, 5) is 4.06. The van der Waals surface area contributed by atoms with Crippen LogP contribution in [0.2, 0.25) is 0 Å². The molecule has 0 radical (unpaired) electrons. The van der Waals surface area contributed by atoms with Gasteiger partial charge in [-0.15, -0.1) is 0 Å². The number of hydrogen-bond acceptors (Lipinski definition) is 3. The van der Waals surface area contributed by atoms with Crippen LogP contribution in [0.4, 0.5) is 4.39 Å². The first-order chi connectivity index (χ1) is 8.19. The van der Waals surface area contributed by atoms with Crippen molar-refractivity contribution in [1.82, 2.24) is 10.3 Å². The molecule has 1 aromatic rings. The molecule has 1 aliphatic rings. The van der Waals surface area contributed by atoms with E-state index in [1.165, 1.54) is 12.3 Å². The van der Waals surface area contributed by atoms with Gasteiger partial charge in [-0.05, 0) is 25.0 Å². The Morgan fingerprint density at radius 3 is 2.71 bits per heavy atom. The number of rotatable bonds is 3. The van der Waals surface area contributed by atoms with Gasteiger partial charge in [0.15, 0.2) is 0 Å². The van der Waals surface area contributed by atoms with Crippen LogP contribution in [0.1, 0.15) is 38.5 Å². The Morgan fingerprint density at radius 1 is 1.47 bits per heavy atom. The van der Waals surface area contributed by atoms with Crippen LogP contribution in [0.3, 0.4) is 0 Å². The summed E-state index contributed by atoms with van der Waals surface area (Å²) in [6, 6.07) is 3.11. The van der Waals surface area contributed by atoms with Gasteiger partial charge in [0.1, 0.15) is 11.9 Å². The molecular formula is C13H19FN2O. The molecule has 0 aliphatic carbocycles. The lowest BCUT2D eigenvalue weighted by Crippen LogP contribution is -2.54. The molecule has 4 heteroatoms. The van der Waals surface area contributed by atoms with E-state index in [9.17, 15) is 4.39 Å². The molecule has 0 bridgehead atoms. The Morgan fingerprint density at radius 2 is 2.24 bits per heavy atom. The van der Waals surface area contributed by atoms with Crippen LogP contribution in [0.5, 0.6) is 0 Å². The van der Waals surface area contributed by atoms with E-state index in [2.05, 4.69) is 24.1 Å². The van der Waals surface area contributed by atoms with Gasteiger partial charge in [-0.2, -0.15) is 0 Å². The van der Waals surface area contributed by atoms with Gasteiger partial charge in [-0.25, -0.2) is 4.39 Å². The highest BCUT2D eigenvalue weighted by molar-refractivity contribution is 5.10. The Labute approximate surface area is 101 Å². The molecule has 1 aliphatic heterocycles. The third-order valence-corrected chi connectivity index (χ3v) is 3.66. The number of halogens is 1. The fourth-order valence-corrected chi connectivity index (χ4v) is 2.15. The number of hydrogen-bond donors (Lipinski definition) is 1. The van der Waals surface area contributed by atoms with Crippen LogP contribution >= 0.6 is 0 Å². The fraction of sp³-hybridized carbons (Fsp3) is 0.615. The van der Waals surface area contributed by atoms with Gasteiger partial charge in [-0.3, -0.25) is 4.98 Å². The lowest BCUT2D eigenvalue weighted by molar-refractivity contribution is -0.0393. The number of morpholine rings is 1. The van der Waals surface area contributed by atoms with E-state index in [0.29, 0.717) is 6.61 Å². The minimum absolute atomic E-state index is 0.0678. The van der Waals surface area contributed by atoms with Gasteiger partial charge in [0.05, 0.1) is 18.5 Å². The van der Waals surface area contributed by atoms with Crippen molar-refractivity contribution >= 4 is 0 Å². The summed E-state index contributed by atoms with van der Waals surface area (Å²) in [5.74, 6) is -0.311. The van der Waals surface area contributed by atoms with E-state index in [4.69, 9.17) is 4.74 Å². The van der Waals surface area contributed by atoms with Crippen LogP contribution in [0, 0.1) is 5.82 Å². The van der Waals surface area contributed by atoms with Crippen LogP contribution in [0.15, 0.2) is 18.3 Å². The van der Waals surface area contributed by atoms with Crippen molar-refractivity contribution in [3.8, 4) is 0 Å². The number of pyridine rings is 1. The average molecular weight is 238 g/mol. The molecule has 0 amide bonds. The van der Waals surface area contributed by atoms with Gasteiger partial charge in [0.25, 0.3) is 0 Å². The zero-order chi connectivity index (χ0) is 12.3. The molecule has 0 spiro atoms. The van der Waals surface area contributed by atoms with Crippen LogP contribution in [0.25, 0.3) is 0 Å². The third kappa shape index (κ3) is 2.64. The van der Waals surface area contributed by atoms with Crippen molar-refractivity contribution in [2.24, 2.45) is 0 Å². The molecule has 2 rings (SSSR count). The van der Waals surface area contributed by atoms with Gasteiger partial charge in [0, 0.05) is 12.1 Å². The fourth-order valence-electron chi connectivity index (χ4n) is 2.15. The number of nitrogens with zero attached hydrogens (tertiary/aromatic N) is 1. The standard InChI is InChI=1S/C13H19FN2O/c1-3-13(4-2)9-17-12(8-16-13)11-6-5-10(14)7-15-11/h5-7,12,16H,3-4,8-9H2,1-2H3. The second kappa shape index (κ2) is 5.10. The molecule has 1 N–H and O–H groups in total. The first-order valence-electron chi connectivity index (χ1n) is 6.17. The topological polar surface area (TPSA) is 34.1 Å². The molecule has 94 valence electrons. The minimum Gasteiger partial charge on any atom is -0.369 e. The molecule has 1 aromatic heterocycles. The summed E-state index contributed by atoms with van der Waals surface area (Å²) in [7, 11) is 0. The van der Waals surface area contributed by atoms with E-state index >= 15 is 0 Å². The largest absolute Gasteiger partial charge is 0.369 e. The molecule has 1 unspecified atom stereocenters. The predicted octanol–water partition coefficient (Wildman–Crippen LogP) is 2.44. The summed E-state index contributed by atoms with van der Waals surface area (Å²) >= 11 is 0. The van der Waals surface area contributed by atoms with Crippen molar-refractivity contribution in [3.63, 3.8) is 0 Å². The normalized spacial score (nSPS) is 23.6. The Bertz CT molecular complexity index is 352. The maximum atomic E-state index is 12.8. The van der Waals surface area contributed by atoms with Crippen LogP contribution in [-0.2, 0) is 4.74 Å². The maximum absolute atomic E-state index is 12.8. The highest BCUT2D eigenvalue weighted by atomic mass is 19.1. The lowest BCUT2D eigenvalue weighted by atomic mass is 9.92. The highest BCUT2D eigenvalue weighted by Crippen LogP contribution is 2.26. The monoisotopic (exact) mass is 238 g/mol. The molecule has 3 nitrogen and oxygen atoms in total. The number of aromatic nitrogens is 1. The zero-order valence-electron chi connectivity index (χ0n) is 10.4. The van der Waals surface area contributed by atoms with E-state index in [0.717, 1.165) is 25.1 Å². The van der Waals surface area contributed by atoms with Crippen molar-refractivity contribution in [2.75, 3.05) is 13.2 Å². The average Bonchev–Trinajstić information content (AvgIpc) is 2.40. The summed E-state index contributed by atoms with van der Waals surface area (Å²) < 4.78 is 18.6. The summed E-state index contributed by atoms with van der Waals surface area (Å²) in [5.41, 5.74) is 0.885. The molecule has 2 heterocycles. The van der Waals surface area contributed by atoms with E-state index in [1.54, 1.807) is 6.07 Å². The summed E-state index contributed by atoms with van der Waals surface area (Å²) in [6.07, 6.45) is 3.27. The van der Waals surface area contributed by atoms with Crippen LogP contribution < -0.4 is 5.32 Å². The first kappa shape index (κ1) is 12.5. The third-order valence-electron chi connectivity index (χ3n) is 3.66. The molecule has 1 fully saturated rings. The minimum atomic E-state index is -0.311. The first-order valence-corrected chi connectivity index (χ1v) is 6.17. The highest BCUT2D eigenvalue weighted by Gasteiger charge is 2.33. The van der Waals surface area contributed by atoms with Gasteiger partial charge in [-0.1, -0.05) is 13.8 Å². The molecular weight excluding hydrogens is 219 g/mol. The Balaban J connectivity index is 2.01. The summed E-state index contributed by atoms with van der Waals surface area (Å²) in [6.45, 7) is 5.75. The summed E-state index contributed by atoms with van der Waals surface area (Å²) in [5, 5.41) is 3.54. The van der Waals surface area contributed by atoms with Crippen molar-refractivity contribution in [1.29, 1.82) is 0 Å². The molecule has 1 atom stereocenters. The van der Waals surface area contributed by atoms with Crippen LogP contribution in [-0.4, -0.2) is 23.7 Å². The van der Waals surface area contributed by atoms with E-state index in [-0.39, 0.29) is 17.5 Å². The predicted molar refractivity (Wildman–Crippen MR) is 64.2 cm³/mol. The van der Waals surface area contributed by atoms with Crippen molar-refractivity contribution in [3.05, 3.63) is 29.8 Å². The molecule has 1 saturated heterocycles. The smallest absolute Gasteiger partial charge is 0.141 e. The molecule has 0 aromatic carbocycles. The second-order valence-corrected chi connectivity index (χ2v) is 4.57. The van der Waals surface area contributed by atoms with Gasteiger partial charge < -0.3 is 10.1 Å². The zero-order valence-corrected chi connectivity index (χ0v) is 10.4. The van der Waals surface area contributed by atoms with Gasteiger partial charge in [0.2, 0.25) is 0 Å². The lowest BCUT2D eigenvalue weighted by Gasteiger charge is -2.40. The molecule has 17 heavy (non-hydrogen) atoms. The number of nitrogens with one attached hydrogen (secondary N) is 1.